The summed E-state index contributed by atoms with van der Waals surface area (Å²) in [6.45, 7) is 2.97. The number of nitrogens with zero attached hydrogens (tertiary/aromatic N) is 3. The third-order valence-electron chi connectivity index (χ3n) is 4.10. The van der Waals surface area contributed by atoms with Crippen LogP contribution in [0.25, 0.3) is 0 Å². The molecule has 1 amide bonds. The molecule has 7 nitrogen and oxygen atoms in total. The third-order valence-corrected chi connectivity index (χ3v) is 4.10. The number of piperidine rings is 1. The molecule has 1 fully saturated rings. The van der Waals surface area contributed by atoms with E-state index in [2.05, 4.69) is 5.32 Å². The lowest BCUT2D eigenvalue weighted by atomic mass is 9.97. The molecule has 1 aliphatic rings. The van der Waals surface area contributed by atoms with Gasteiger partial charge in [-0.15, -0.1) is 0 Å². The van der Waals surface area contributed by atoms with Crippen LogP contribution in [0, 0.1) is 28.6 Å². The lowest BCUT2D eigenvalue weighted by Crippen LogP contribution is -2.43. The summed E-state index contributed by atoms with van der Waals surface area (Å²) in [7, 11) is 0. The van der Waals surface area contributed by atoms with E-state index in [1.54, 1.807) is 48.2 Å². The van der Waals surface area contributed by atoms with E-state index < -0.39 is 0 Å². The maximum atomic E-state index is 12.9. The van der Waals surface area contributed by atoms with Crippen molar-refractivity contribution in [3.8, 4) is 12.1 Å². The lowest BCUT2D eigenvalue weighted by molar-refractivity contribution is -0.149. The Kier molecular flexibility index (Phi) is 6.75. The fraction of sp³-hybridized carbons (Fsp3) is 0.368. The first-order valence-corrected chi connectivity index (χ1v) is 8.42. The van der Waals surface area contributed by atoms with Gasteiger partial charge >= 0.3 is 5.97 Å². The quantitative estimate of drug-likeness (QED) is 0.644. The van der Waals surface area contributed by atoms with Crippen molar-refractivity contribution in [3.63, 3.8) is 0 Å². The van der Waals surface area contributed by atoms with Gasteiger partial charge in [0.15, 0.2) is 0 Å². The first kappa shape index (κ1) is 19.0. The lowest BCUT2D eigenvalue weighted by Gasteiger charge is -2.32. The molecule has 2 rings (SSSR count). The molecule has 1 aromatic carbocycles. The monoisotopic (exact) mass is 352 g/mol. The van der Waals surface area contributed by atoms with Crippen LogP contribution >= 0.6 is 0 Å². The molecular formula is C19H20N4O3. The first-order valence-electron chi connectivity index (χ1n) is 8.42. The minimum atomic E-state index is -0.309. The van der Waals surface area contributed by atoms with Gasteiger partial charge in [0.05, 0.1) is 23.8 Å². The number of allylic oxidation sites excluding steroid dienone is 1. The first-order chi connectivity index (χ1) is 12.6. The number of nitrogens with one attached hydrogen (secondary N) is 1. The fourth-order valence-electron chi connectivity index (χ4n) is 2.82. The number of amides is 1. The van der Waals surface area contributed by atoms with Crippen LogP contribution in [-0.4, -0.2) is 36.5 Å². The molecule has 1 saturated heterocycles. The summed E-state index contributed by atoms with van der Waals surface area (Å²) in [5.74, 6) is -0.783. The van der Waals surface area contributed by atoms with Crippen LogP contribution in [0.15, 0.2) is 36.0 Å². The minimum Gasteiger partial charge on any atom is -0.466 e. The Balaban J connectivity index is 2.17. The molecule has 26 heavy (non-hydrogen) atoms. The Bertz CT molecular complexity index is 773. The molecule has 7 heteroatoms. The third kappa shape index (κ3) is 4.61. The fourth-order valence-corrected chi connectivity index (χ4v) is 2.82. The van der Waals surface area contributed by atoms with E-state index in [1.807, 2.05) is 0 Å². The number of benzene rings is 1. The summed E-state index contributed by atoms with van der Waals surface area (Å²) in [5.41, 5.74) is 0.829. The van der Waals surface area contributed by atoms with Crippen LogP contribution < -0.4 is 5.32 Å². The summed E-state index contributed by atoms with van der Waals surface area (Å²) in [6, 6.07) is 10.4. The SMILES string of the molecule is CCOC(=O)C1CCCN(C(=O)c2ccccc2NC=C(C#N)C#N)C1. The Morgan fingerprint density at radius 2 is 2.08 bits per heavy atom. The van der Waals surface area contributed by atoms with Crippen molar-refractivity contribution in [1.29, 1.82) is 10.5 Å². The molecule has 0 bridgehead atoms. The standard InChI is InChI=1S/C19H20N4O3/c1-2-26-19(25)15-6-5-9-23(13-15)18(24)16-7-3-4-8-17(16)22-12-14(10-20)11-21/h3-4,7-8,12,15,22H,2,5-6,9,13H2,1H3. The molecular weight excluding hydrogens is 332 g/mol. The van der Waals surface area contributed by atoms with E-state index in [0.29, 0.717) is 37.4 Å². The Hall–Kier alpha value is -3.32. The largest absolute Gasteiger partial charge is 0.466 e. The molecule has 1 unspecified atom stereocenters. The van der Waals surface area contributed by atoms with Crippen LogP contribution in [0.2, 0.25) is 0 Å². The second kappa shape index (κ2) is 9.24. The van der Waals surface area contributed by atoms with Gasteiger partial charge in [-0.1, -0.05) is 12.1 Å². The molecule has 0 spiro atoms. The number of ether oxygens (including phenoxy) is 1. The van der Waals surface area contributed by atoms with Gasteiger partial charge in [-0.05, 0) is 31.9 Å². The number of esters is 1. The number of carbonyl (C=O) groups is 2. The molecule has 1 N–H and O–H groups in total. The number of likely N-dealkylation sites (tertiary alicyclic amines) is 1. The van der Waals surface area contributed by atoms with Crippen molar-refractivity contribution >= 4 is 17.6 Å². The van der Waals surface area contributed by atoms with E-state index in [0.717, 1.165) is 6.42 Å². The number of anilines is 1. The van der Waals surface area contributed by atoms with Gasteiger partial charge in [-0.25, -0.2) is 0 Å². The minimum absolute atomic E-state index is 0.0902. The zero-order chi connectivity index (χ0) is 18.9. The number of para-hydroxylation sites is 1. The highest BCUT2D eigenvalue weighted by molar-refractivity contribution is 6.00. The Morgan fingerprint density at radius 3 is 2.77 bits per heavy atom. The molecule has 1 aromatic rings. The normalized spacial score (nSPS) is 16.0. The van der Waals surface area contributed by atoms with E-state index in [9.17, 15) is 9.59 Å². The number of hydrogen-bond acceptors (Lipinski definition) is 6. The average molecular weight is 352 g/mol. The van der Waals surface area contributed by atoms with Crippen molar-refractivity contribution in [1.82, 2.24) is 4.90 Å². The van der Waals surface area contributed by atoms with Crippen molar-refractivity contribution in [3.05, 3.63) is 41.6 Å². The van der Waals surface area contributed by atoms with Gasteiger partial charge in [0.1, 0.15) is 17.7 Å². The maximum absolute atomic E-state index is 12.9. The molecule has 0 aromatic heterocycles. The van der Waals surface area contributed by atoms with Crippen LogP contribution in [0.4, 0.5) is 5.69 Å². The molecule has 134 valence electrons. The van der Waals surface area contributed by atoms with E-state index in [-0.39, 0.29) is 23.4 Å². The smallest absolute Gasteiger partial charge is 0.310 e. The highest BCUT2D eigenvalue weighted by Crippen LogP contribution is 2.23. The van der Waals surface area contributed by atoms with Gasteiger partial charge in [0, 0.05) is 19.3 Å². The summed E-state index contributed by atoms with van der Waals surface area (Å²) < 4.78 is 5.07. The van der Waals surface area contributed by atoms with Gasteiger partial charge < -0.3 is 15.0 Å². The van der Waals surface area contributed by atoms with Crippen molar-refractivity contribution < 1.29 is 14.3 Å². The predicted molar refractivity (Wildman–Crippen MR) is 94.6 cm³/mol. The van der Waals surface area contributed by atoms with Gasteiger partial charge in [-0.3, -0.25) is 9.59 Å². The van der Waals surface area contributed by atoms with Crippen LogP contribution in [-0.2, 0) is 9.53 Å². The Morgan fingerprint density at radius 1 is 1.35 bits per heavy atom. The summed E-state index contributed by atoms with van der Waals surface area (Å²) in [4.78, 5) is 26.5. The molecule has 1 atom stereocenters. The van der Waals surface area contributed by atoms with Gasteiger partial charge in [0.25, 0.3) is 5.91 Å². The van der Waals surface area contributed by atoms with Crippen molar-refractivity contribution in [2.45, 2.75) is 19.8 Å². The second-order valence-electron chi connectivity index (χ2n) is 5.81. The van der Waals surface area contributed by atoms with Crippen LogP contribution in [0.3, 0.4) is 0 Å². The number of nitriles is 2. The molecule has 0 saturated carbocycles. The van der Waals surface area contributed by atoms with E-state index in [1.165, 1.54) is 6.20 Å². The van der Waals surface area contributed by atoms with Crippen LogP contribution in [0.1, 0.15) is 30.1 Å². The number of hydrogen-bond donors (Lipinski definition) is 1. The van der Waals surface area contributed by atoms with Gasteiger partial charge in [-0.2, -0.15) is 10.5 Å². The summed E-state index contributed by atoms with van der Waals surface area (Å²) >= 11 is 0. The van der Waals surface area contributed by atoms with E-state index in [4.69, 9.17) is 15.3 Å². The molecule has 0 aliphatic carbocycles. The van der Waals surface area contributed by atoms with E-state index >= 15 is 0 Å². The zero-order valence-electron chi connectivity index (χ0n) is 14.6. The highest BCUT2D eigenvalue weighted by atomic mass is 16.5. The second-order valence-corrected chi connectivity index (χ2v) is 5.81. The number of carbonyl (C=O) groups excluding carboxylic acids is 2. The summed E-state index contributed by atoms with van der Waals surface area (Å²) in [6.07, 6.45) is 2.71. The topological polar surface area (TPSA) is 106 Å². The molecule has 1 aliphatic heterocycles. The van der Waals surface area contributed by atoms with Crippen molar-refractivity contribution in [2.24, 2.45) is 5.92 Å². The van der Waals surface area contributed by atoms with Gasteiger partial charge in [0.2, 0.25) is 0 Å². The Labute approximate surface area is 152 Å². The maximum Gasteiger partial charge on any atom is 0.310 e. The highest BCUT2D eigenvalue weighted by Gasteiger charge is 2.30. The average Bonchev–Trinajstić information content (AvgIpc) is 2.69. The predicted octanol–water partition coefficient (Wildman–Crippen LogP) is 2.44. The molecule has 0 radical (unpaired) electrons. The van der Waals surface area contributed by atoms with Crippen molar-refractivity contribution in [2.75, 3.05) is 25.0 Å². The summed E-state index contributed by atoms with van der Waals surface area (Å²) in [5, 5.41) is 20.5. The zero-order valence-corrected chi connectivity index (χ0v) is 14.6. The number of rotatable bonds is 5. The molecule has 1 heterocycles. The van der Waals surface area contributed by atoms with Crippen LogP contribution in [0.5, 0.6) is 0 Å².